The molecule has 0 aromatic carbocycles. The number of hydrogen-bond donors (Lipinski definition) is 1. The van der Waals surface area contributed by atoms with E-state index in [1.54, 1.807) is 7.11 Å². The molecule has 0 aliphatic heterocycles. The molecule has 0 radical (unpaired) electrons. The molecule has 5 heteroatoms. The van der Waals surface area contributed by atoms with E-state index >= 15 is 0 Å². The molecule has 5 nitrogen and oxygen atoms in total. The smallest absolute Gasteiger partial charge is 0.243 e. The minimum absolute atomic E-state index is 0.185. The van der Waals surface area contributed by atoms with Gasteiger partial charge in [0, 0.05) is 7.11 Å². The van der Waals surface area contributed by atoms with Gasteiger partial charge in [0.15, 0.2) is 0 Å². The van der Waals surface area contributed by atoms with Crippen LogP contribution in [0, 0.1) is 5.41 Å². The molecule has 1 saturated carbocycles. The van der Waals surface area contributed by atoms with Gasteiger partial charge in [-0.25, -0.2) is 0 Å². The van der Waals surface area contributed by atoms with Crippen LogP contribution in [0.25, 0.3) is 0 Å². The zero-order valence-electron chi connectivity index (χ0n) is 12.4. The summed E-state index contributed by atoms with van der Waals surface area (Å²) < 4.78 is 11.0. The van der Waals surface area contributed by atoms with Crippen LogP contribution in [0.1, 0.15) is 70.6 Å². The Labute approximate surface area is 114 Å². The Morgan fingerprint density at radius 3 is 2.47 bits per heavy atom. The second-order valence-corrected chi connectivity index (χ2v) is 6.33. The van der Waals surface area contributed by atoms with Crippen LogP contribution < -0.4 is 5.73 Å². The summed E-state index contributed by atoms with van der Waals surface area (Å²) in [4.78, 5) is 4.47. The third-order valence-electron chi connectivity index (χ3n) is 4.41. The first-order chi connectivity index (χ1) is 8.92. The van der Waals surface area contributed by atoms with Crippen molar-refractivity contribution in [1.29, 1.82) is 0 Å². The zero-order valence-corrected chi connectivity index (χ0v) is 12.4. The van der Waals surface area contributed by atoms with Crippen molar-refractivity contribution in [3.05, 3.63) is 11.7 Å². The van der Waals surface area contributed by atoms with Crippen molar-refractivity contribution in [2.24, 2.45) is 11.1 Å². The molecule has 1 atom stereocenters. The lowest BCUT2D eigenvalue weighted by Crippen LogP contribution is -2.37. The van der Waals surface area contributed by atoms with Crippen LogP contribution >= 0.6 is 0 Å². The Balaban J connectivity index is 2.20. The van der Waals surface area contributed by atoms with Crippen molar-refractivity contribution in [2.75, 3.05) is 7.11 Å². The summed E-state index contributed by atoms with van der Waals surface area (Å²) in [6.07, 6.45) is 4.84. The van der Waals surface area contributed by atoms with Crippen LogP contribution in [-0.2, 0) is 10.3 Å². The maximum atomic E-state index is 5.93. The van der Waals surface area contributed by atoms with E-state index in [0.29, 0.717) is 17.1 Å². The maximum Gasteiger partial charge on any atom is 0.243 e. The highest BCUT2D eigenvalue weighted by atomic mass is 16.5. The van der Waals surface area contributed by atoms with Crippen molar-refractivity contribution >= 4 is 0 Å². The van der Waals surface area contributed by atoms with Crippen molar-refractivity contribution in [3.8, 4) is 0 Å². The molecule has 1 aromatic rings. The predicted molar refractivity (Wildman–Crippen MR) is 72.5 cm³/mol. The van der Waals surface area contributed by atoms with E-state index in [4.69, 9.17) is 15.0 Å². The van der Waals surface area contributed by atoms with Crippen LogP contribution in [0.15, 0.2) is 4.52 Å². The second-order valence-electron chi connectivity index (χ2n) is 6.33. The Kier molecular flexibility index (Phi) is 3.97. The van der Waals surface area contributed by atoms with Gasteiger partial charge in [0.25, 0.3) is 0 Å². The number of hydrogen-bond acceptors (Lipinski definition) is 5. The summed E-state index contributed by atoms with van der Waals surface area (Å²) in [6.45, 7) is 6.59. The number of aromatic nitrogens is 2. The van der Waals surface area contributed by atoms with Crippen LogP contribution in [0.2, 0.25) is 0 Å². The Hall–Kier alpha value is -0.940. The van der Waals surface area contributed by atoms with Crippen LogP contribution in [0.3, 0.4) is 0 Å². The van der Waals surface area contributed by atoms with Gasteiger partial charge in [-0.2, -0.15) is 4.98 Å². The average molecular weight is 267 g/mol. The summed E-state index contributed by atoms with van der Waals surface area (Å²) in [5, 5.41) is 4.11. The fraction of sp³-hybridized carbons (Fsp3) is 0.857. The minimum Gasteiger partial charge on any atom is -0.370 e. The van der Waals surface area contributed by atoms with Gasteiger partial charge in [-0.1, -0.05) is 25.9 Å². The number of rotatable bonds is 4. The Morgan fingerprint density at radius 1 is 1.32 bits per heavy atom. The van der Waals surface area contributed by atoms with Crippen LogP contribution in [0.4, 0.5) is 0 Å². The van der Waals surface area contributed by atoms with Gasteiger partial charge in [0.05, 0.1) is 6.04 Å². The maximum absolute atomic E-state index is 5.93. The predicted octanol–water partition coefficient (Wildman–Crippen LogP) is 2.92. The highest BCUT2D eigenvalue weighted by molar-refractivity contribution is 5.06. The van der Waals surface area contributed by atoms with Crippen molar-refractivity contribution in [3.63, 3.8) is 0 Å². The topological polar surface area (TPSA) is 74.2 Å². The van der Waals surface area contributed by atoms with E-state index < -0.39 is 5.60 Å². The minimum atomic E-state index is -0.398. The number of ether oxygens (including phenoxy) is 1. The fourth-order valence-corrected chi connectivity index (χ4v) is 2.60. The highest BCUT2D eigenvalue weighted by Crippen LogP contribution is 2.46. The normalized spacial score (nSPS) is 23.2. The molecule has 1 aromatic heterocycles. The lowest BCUT2D eigenvalue weighted by molar-refractivity contribution is -0.0740. The standard InChI is InChI=1S/C14H25N3O2/c1-5-10(15)11-16-12(17-19-11)14(18-4)8-6-13(2,3)7-9-14/h10H,5-9,15H2,1-4H3. The number of nitrogens with two attached hydrogens (primary N) is 1. The first-order valence-corrected chi connectivity index (χ1v) is 7.07. The molecule has 1 aliphatic rings. The first kappa shape index (κ1) is 14.5. The molecule has 1 heterocycles. The Bertz CT molecular complexity index is 418. The molecule has 1 aliphatic carbocycles. The van der Waals surface area contributed by atoms with Crippen molar-refractivity contribution in [2.45, 2.75) is 64.5 Å². The van der Waals surface area contributed by atoms with E-state index in [0.717, 1.165) is 32.1 Å². The lowest BCUT2D eigenvalue weighted by Gasteiger charge is -2.40. The number of methoxy groups -OCH3 is 1. The molecular formula is C14H25N3O2. The molecule has 19 heavy (non-hydrogen) atoms. The monoisotopic (exact) mass is 267 g/mol. The molecule has 0 amide bonds. The molecule has 1 fully saturated rings. The SMILES string of the molecule is CCC(N)c1nc(C2(OC)CCC(C)(C)CC2)no1. The molecule has 2 N–H and O–H groups in total. The molecule has 0 bridgehead atoms. The third-order valence-corrected chi connectivity index (χ3v) is 4.41. The molecule has 1 unspecified atom stereocenters. The molecule has 0 spiro atoms. The highest BCUT2D eigenvalue weighted by Gasteiger charge is 2.43. The fourth-order valence-electron chi connectivity index (χ4n) is 2.60. The second kappa shape index (κ2) is 5.21. The molecule has 108 valence electrons. The molecule has 2 rings (SSSR count). The van der Waals surface area contributed by atoms with Crippen LogP contribution in [0.5, 0.6) is 0 Å². The molecular weight excluding hydrogens is 242 g/mol. The summed E-state index contributed by atoms with van der Waals surface area (Å²) in [6, 6.07) is -0.185. The zero-order chi connectivity index (χ0) is 14.1. The van der Waals surface area contributed by atoms with E-state index in [1.165, 1.54) is 0 Å². The quantitative estimate of drug-likeness (QED) is 0.907. The van der Waals surface area contributed by atoms with Gasteiger partial charge < -0.3 is 15.0 Å². The van der Waals surface area contributed by atoms with Gasteiger partial charge in [-0.15, -0.1) is 0 Å². The van der Waals surface area contributed by atoms with E-state index in [2.05, 4.69) is 24.0 Å². The van der Waals surface area contributed by atoms with Crippen LogP contribution in [-0.4, -0.2) is 17.3 Å². The van der Waals surface area contributed by atoms with Crippen molar-refractivity contribution < 1.29 is 9.26 Å². The van der Waals surface area contributed by atoms with E-state index in [-0.39, 0.29) is 6.04 Å². The van der Waals surface area contributed by atoms with Gasteiger partial charge in [-0.05, 0) is 37.5 Å². The first-order valence-electron chi connectivity index (χ1n) is 7.07. The van der Waals surface area contributed by atoms with E-state index in [9.17, 15) is 0 Å². The Morgan fingerprint density at radius 2 is 1.95 bits per heavy atom. The third kappa shape index (κ3) is 2.82. The van der Waals surface area contributed by atoms with Gasteiger partial charge in [0.1, 0.15) is 5.60 Å². The summed E-state index contributed by atoms with van der Waals surface area (Å²) in [7, 11) is 1.73. The largest absolute Gasteiger partial charge is 0.370 e. The number of nitrogens with zero attached hydrogens (tertiary/aromatic N) is 2. The van der Waals surface area contributed by atoms with Crippen molar-refractivity contribution in [1.82, 2.24) is 10.1 Å². The van der Waals surface area contributed by atoms with Gasteiger partial charge in [0.2, 0.25) is 11.7 Å². The van der Waals surface area contributed by atoms with Gasteiger partial charge >= 0.3 is 0 Å². The average Bonchev–Trinajstić information content (AvgIpc) is 2.89. The summed E-state index contributed by atoms with van der Waals surface area (Å²) in [5.74, 6) is 1.17. The lowest BCUT2D eigenvalue weighted by atomic mass is 9.70. The summed E-state index contributed by atoms with van der Waals surface area (Å²) in [5.41, 5.74) is 5.90. The van der Waals surface area contributed by atoms with E-state index in [1.807, 2.05) is 6.92 Å². The molecule has 0 saturated heterocycles. The van der Waals surface area contributed by atoms with Gasteiger partial charge in [-0.3, -0.25) is 0 Å². The summed E-state index contributed by atoms with van der Waals surface area (Å²) >= 11 is 0.